The van der Waals surface area contributed by atoms with Crippen molar-refractivity contribution in [1.82, 2.24) is 0 Å². The lowest BCUT2D eigenvalue weighted by molar-refractivity contribution is -0.384. The van der Waals surface area contributed by atoms with Gasteiger partial charge in [0.05, 0.1) is 10.6 Å². The molecule has 0 aliphatic heterocycles. The molecule has 1 aliphatic rings. The van der Waals surface area contributed by atoms with Crippen LogP contribution in [0.1, 0.15) is 37.7 Å². The van der Waals surface area contributed by atoms with Gasteiger partial charge in [0.2, 0.25) is 0 Å². The first-order chi connectivity index (χ1) is 8.72. The van der Waals surface area contributed by atoms with E-state index < -0.39 is 4.92 Å². The van der Waals surface area contributed by atoms with Crippen LogP contribution in [-0.4, -0.2) is 15.8 Å². The second kappa shape index (κ2) is 5.62. The topological polar surface area (TPSA) is 75.7 Å². The summed E-state index contributed by atoms with van der Waals surface area (Å²) < 4.78 is 0. The molecule has 1 aliphatic carbocycles. The Hall–Kier alpha value is -1.91. The van der Waals surface area contributed by atoms with Gasteiger partial charge >= 0.3 is 0 Å². The first-order valence-electron chi connectivity index (χ1n) is 6.19. The van der Waals surface area contributed by atoms with Gasteiger partial charge in [-0.2, -0.15) is 0 Å². The number of benzene rings is 1. The highest BCUT2D eigenvalue weighted by Gasteiger charge is 2.21. The minimum Gasteiger partial charge on any atom is -0.411 e. The van der Waals surface area contributed by atoms with Crippen molar-refractivity contribution in [3.05, 3.63) is 39.9 Å². The fourth-order valence-electron chi connectivity index (χ4n) is 2.51. The van der Waals surface area contributed by atoms with Crippen LogP contribution in [0.25, 0.3) is 0 Å². The minimum atomic E-state index is -0.430. The molecule has 0 heterocycles. The van der Waals surface area contributed by atoms with Gasteiger partial charge in [0.1, 0.15) is 0 Å². The average molecular weight is 248 g/mol. The number of oxime groups is 1. The van der Waals surface area contributed by atoms with E-state index in [1.165, 1.54) is 18.6 Å². The minimum absolute atomic E-state index is 0.0553. The van der Waals surface area contributed by atoms with Crippen molar-refractivity contribution in [2.24, 2.45) is 11.1 Å². The van der Waals surface area contributed by atoms with Gasteiger partial charge in [-0.15, -0.1) is 0 Å². The zero-order valence-electron chi connectivity index (χ0n) is 10.1. The number of rotatable bonds is 3. The van der Waals surface area contributed by atoms with Gasteiger partial charge < -0.3 is 5.21 Å². The zero-order valence-corrected chi connectivity index (χ0v) is 10.1. The third kappa shape index (κ3) is 2.67. The van der Waals surface area contributed by atoms with Crippen LogP contribution in [0.5, 0.6) is 0 Å². The standard InChI is InChI=1S/C13H16N2O3/c16-14-13(10-4-2-1-3-5-10)11-6-8-12(9-7-11)15(17)18/h6-10,16H,1-5H2/b14-13+. The Morgan fingerprint density at radius 1 is 1.22 bits per heavy atom. The van der Waals surface area contributed by atoms with Crippen molar-refractivity contribution in [2.45, 2.75) is 32.1 Å². The predicted octanol–water partition coefficient (Wildman–Crippen LogP) is 3.35. The highest BCUT2D eigenvalue weighted by Crippen LogP contribution is 2.28. The van der Waals surface area contributed by atoms with Gasteiger partial charge in [-0.1, -0.05) is 24.4 Å². The van der Waals surface area contributed by atoms with Crippen LogP contribution in [0.15, 0.2) is 29.4 Å². The van der Waals surface area contributed by atoms with Gasteiger partial charge in [-0.25, -0.2) is 0 Å². The molecule has 96 valence electrons. The first-order valence-corrected chi connectivity index (χ1v) is 6.19. The third-order valence-electron chi connectivity index (χ3n) is 3.47. The largest absolute Gasteiger partial charge is 0.411 e. The Morgan fingerprint density at radius 3 is 2.33 bits per heavy atom. The van der Waals surface area contributed by atoms with Crippen LogP contribution in [-0.2, 0) is 0 Å². The van der Waals surface area contributed by atoms with E-state index in [1.54, 1.807) is 12.1 Å². The van der Waals surface area contributed by atoms with Crippen molar-refractivity contribution in [2.75, 3.05) is 0 Å². The Bertz CT molecular complexity index is 448. The molecule has 2 rings (SSSR count). The van der Waals surface area contributed by atoms with Gasteiger partial charge in [0, 0.05) is 23.6 Å². The summed E-state index contributed by atoms with van der Waals surface area (Å²) in [5.74, 6) is 0.269. The van der Waals surface area contributed by atoms with Crippen LogP contribution < -0.4 is 0 Å². The number of nitro benzene ring substituents is 1. The van der Waals surface area contributed by atoms with Crippen molar-refractivity contribution in [3.8, 4) is 0 Å². The summed E-state index contributed by atoms with van der Waals surface area (Å²) in [6, 6.07) is 6.20. The van der Waals surface area contributed by atoms with E-state index in [2.05, 4.69) is 5.16 Å². The molecule has 1 saturated carbocycles. The number of non-ortho nitro benzene ring substituents is 1. The smallest absolute Gasteiger partial charge is 0.269 e. The van der Waals surface area contributed by atoms with Gasteiger partial charge in [-0.05, 0) is 25.0 Å². The van der Waals surface area contributed by atoms with Crippen molar-refractivity contribution < 1.29 is 10.1 Å². The molecule has 0 saturated heterocycles. The molecule has 0 amide bonds. The van der Waals surface area contributed by atoms with E-state index in [-0.39, 0.29) is 11.6 Å². The van der Waals surface area contributed by atoms with E-state index in [9.17, 15) is 10.1 Å². The quantitative estimate of drug-likeness (QED) is 0.385. The van der Waals surface area contributed by atoms with E-state index >= 15 is 0 Å². The Balaban J connectivity index is 2.19. The highest BCUT2D eigenvalue weighted by atomic mass is 16.6. The second-order valence-corrected chi connectivity index (χ2v) is 4.62. The fraction of sp³-hybridized carbons (Fsp3) is 0.462. The Morgan fingerprint density at radius 2 is 1.83 bits per heavy atom. The lowest BCUT2D eigenvalue weighted by Gasteiger charge is -2.22. The molecule has 0 spiro atoms. The highest BCUT2D eigenvalue weighted by molar-refractivity contribution is 6.02. The number of nitrogens with zero attached hydrogens (tertiary/aromatic N) is 2. The molecule has 5 heteroatoms. The van der Waals surface area contributed by atoms with Crippen molar-refractivity contribution in [3.63, 3.8) is 0 Å². The third-order valence-corrected chi connectivity index (χ3v) is 3.47. The summed E-state index contributed by atoms with van der Waals surface area (Å²) in [5.41, 5.74) is 1.49. The van der Waals surface area contributed by atoms with Gasteiger partial charge in [0.25, 0.3) is 5.69 Å². The van der Waals surface area contributed by atoms with E-state index in [1.807, 2.05) is 0 Å². The zero-order chi connectivity index (χ0) is 13.0. The fourth-order valence-corrected chi connectivity index (χ4v) is 2.51. The Kier molecular flexibility index (Phi) is 3.92. The van der Waals surface area contributed by atoms with Crippen molar-refractivity contribution in [1.29, 1.82) is 0 Å². The molecule has 5 nitrogen and oxygen atoms in total. The molecule has 1 N–H and O–H groups in total. The molecule has 0 unspecified atom stereocenters. The number of nitro groups is 1. The maximum Gasteiger partial charge on any atom is 0.269 e. The SMILES string of the molecule is O=[N+]([O-])c1ccc(/C(=N/O)C2CCCCC2)cc1. The summed E-state index contributed by atoms with van der Waals surface area (Å²) >= 11 is 0. The molecule has 0 atom stereocenters. The summed E-state index contributed by atoms with van der Waals surface area (Å²) in [4.78, 5) is 10.1. The molecular weight excluding hydrogens is 232 g/mol. The van der Waals surface area contributed by atoms with E-state index in [0.717, 1.165) is 31.2 Å². The summed E-state index contributed by atoms with van der Waals surface area (Å²) in [6.45, 7) is 0. The molecule has 1 aromatic rings. The lowest BCUT2D eigenvalue weighted by Crippen LogP contribution is -2.19. The van der Waals surface area contributed by atoms with Crippen LogP contribution in [0, 0.1) is 16.0 Å². The number of hydrogen-bond acceptors (Lipinski definition) is 4. The Labute approximate surface area is 105 Å². The molecule has 0 aromatic heterocycles. The molecular formula is C13H16N2O3. The van der Waals surface area contributed by atoms with Crippen LogP contribution in [0.2, 0.25) is 0 Å². The van der Waals surface area contributed by atoms with Gasteiger partial charge in [-0.3, -0.25) is 10.1 Å². The van der Waals surface area contributed by atoms with Crippen LogP contribution in [0.3, 0.4) is 0 Å². The summed E-state index contributed by atoms with van der Waals surface area (Å²) in [5, 5.41) is 23.1. The molecule has 18 heavy (non-hydrogen) atoms. The van der Waals surface area contributed by atoms with Gasteiger partial charge in [0.15, 0.2) is 0 Å². The normalized spacial score (nSPS) is 17.7. The van der Waals surface area contributed by atoms with Crippen molar-refractivity contribution >= 4 is 11.4 Å². The molecule has 0 bridgehead atoms. The average Bonchev–Trinajstić information content (AvgIpc) is 2.41. The van der Waals surface area contributed by atoms with Crippen LogP contribution in [0.4, 0.5) is 5.69 Å². The maximum atomic E-state index is 10.6. The molecule has 1 fully saturated rings. The summed E-state index contributed by atoms with van der Waals surface area (Å²) in [6.07, 6.45) is 5.58. The van der Waals surface area contributed by atoms with Crippen LogP contribution >= 0.6 is 0 Å². The van der Waals surface area contributed by atoms with E-state index in [0.29, 0.717) is 5.71 Å². The maximum absolute atomic E-state index is 10.6. The first kappa shape index (κ1) is 12.5. The monoisotopic (exact) mass is 248 g/mol. The molecule has 0 radical (unpaired) electrons. The second-order valence-electron chi connectivity index (χ2n) is 4.62. The number of hydrogen-bond donors (Lipinski definition) is 1. The lowest BCUT2D eigenvalue weighted by atomic mass is 9.83. The molecule has 1 aromatic carbocycles. The summed E-state index contributed by atoms with van der Waals surface area (Å²) in [7, 11) is 0. The predicted molar refractivity (Wildman–Crippen MR) is 68.0 cm³/mol. The van der Waals surface area contributed by atoms with E-state index in [4.69, 9.17) is 5.21 Å².